The van der Waals surface area contributed by atoms with Gasteiger partial charge in [0.1, 0.15) is 0 Å². The number of aromatic nitrogens is 1. The number of pyridine rings is 1. The van der Waals surface area contributed by atoms with Gasteiger partial charge in [0, 0.05) is 25.0 Å². The van der Waals surface area contributed by atoms with E-state index in [1.54, 1.807) is 18.5 Å². The van der Waals surface area contributed by atoms with Gasteiger partial charge in [-0.2, -0.15) is 0 Å². The Morgan fingerprint density at radius 2 is 2.28 bits per heavy atom. The molecule has 0 atom stereocenters. The quantitative estimate of drug-likeness (QED) is 0.819. The third-order valence-electron chi connectivity index (χ3n) is 3.19. The van der Waals surface area contributed by atoms with E-state index in [0.29, 0.717) is 22.5 Å². The molecule has 1 aromatic rings. The molecule has 0 bridgehead atoms. The largest absolute Gasteiger partial charge is 0.336 e. The van der Waals surface area contributed by atoms with E-state index < -0.39 is 0 Å². The molecule has 1 aliphatic rings. The van der Waals surface area contributed by atoms with Crippen molar-refractivity contribution in [3.8, 4) is 0 Å². The number of carbonyl (C=O) groups excluding carboxylic acids is 1. The summed E-state index contributed by atoms with van der Waals surface area (Å²) >= 11 is 6.06. The summed E-state index contributed by atoms with van der Waals surface area (Å²) in [6, 6.07) is 2.08. The fraction of sp³-hybridized carbons (Fsp3) is 0.571. The molecule has 2 rings (SSSR count). The van der Waals surface area contributed by atoms with E-state index in [4.69, 9.17) is 11.6 Å². The average Bonchev–Trinajstić information content (AvgIpc) is 3.13. The van der Waals surface area contributed by atoms with Gasteiger partial charge in [0.15, 0.2) is 0 Å². The van der Waals surface area contributed by atoms with E-state index in [2.05, 4.69) is 18.8 Å². The SMILES string of the molecule is CC(C)CCN(C(=O)c1cnccc1Cl)C1CC1. The minimum Gasteiger partial charge on any atom is -0.336 e. The molecule has 98 valence electrons. The molecule has 0 aromatic carbocycles. The third kappa shape index (κ3) is 3.22. The van der Waals surface area contributed by atoms with Gasteiger partial charge in [-0.1, -0.05) is 25.4 Å². The average molecular weight is 267 g/mol. The lowest BCUT2D eigenvalue weighted by Gasteiger charge is -2.23. The Morgan fingerprint density at radius 3 is 2.83 bits per heavy atom. The van der Waals surface area contributed by atoms with Crippen molar-refractivity contribution in [3.05, 3.63) is 29.0 Å². The molecule has 1 heterocycles. The van der Waals surface area contributed by atoms with Crippen LogP contribution in [0.4, 0.5) is 0 Å². The Hall–Kier alpha value is -1.09. The predicted octanol–water partition coefficient (Wildman–Crippen LogP) is 3.39. The summed E-state index contributed by atoms with van der Waals surface area (Å²) in [5.74, 6) is 0.625. The van der Waals surface area contributed by atoms with Crippen molar-refractivity contribution in [3.63, 3.8) is 0 Å². The van der Waals surface area contributed by atoms with Gasteiger partial charge >= 0.3 is 0 Å². The first kappa shape index (κ1) is 13.3. The number of rotatable bonds is 5. The fourth-order valence-electron chi connectivity index (χ4n) is 1.92. The Morgan fingerprint density at radius 1 is 1.56 bits per heavy atom. The van der Waals surface area contributed by atoms with E-state index in [1.165, 1.54) is 0 Å². The van der Waals surface area contributed by atoms with Crippen molar-refractivity contribution in [2.24, 2.45) is 5.92 Å². The zero-order chi connectivity index (χ0) is 13.1. The molecule has 4 heteroatoms. The van der Waals surface area contributed by atoms with Gasteiger partial charge < -0.3 is 4.90 Å². The van der Waals surface area contributed by atoms with Crippen LogP contribution >= 0.6 is 11.6 Å². The van der Waals surface area contributed by atoms with Gasteiger partial charge in [-0.25, -0.2) is 0 Å². The van der Waals surface area contributed by atoms with Crippen LogP contribution in [0.1, 0.15) is 43.5 Å². The summed E-state index contributed by atoms with van der Waals surface area (Å²) in [5.41, 5.74) is 0.523. The minimum atomic E-state index is 0.0243. The van der Waals surface area contributed by atoms with Crippen molar-refractivity contribution < 1.29 is 4.79 Å². The first-order valence-corrected chi connectivity index (χ1v) is 6.88. The molecule has 1 saturated carbocycles. The van der Waals surface area contributed by atoms with E-state index >= 15 is 0 Å². The molecule has 3 nitrogen and oxygen atoms in total. The monoisotopic (exact) mass is 266 g/mol. The molecule has 1 fully saturated rings. The molecule has 0 aliphatic heterocycles. The Bertz CT molecular complexity index is 430. The number of amides is 1. The van der Waals surface area contributed by atoms with Crippen molar-refractivity contribution >= 4 is 17.5 Å². The number of hydrogen-bond acceptors (Lipinski definition) is 2. The first-order chi connectivity index (χ1) is 8.59. The Labute approximate surface area is 113 Å². The second-order valence-corrected chi connectivity index (χ2v) is 5.67. The van der Waals surface area contributed by atoms with E-state index in [0.717, 1.165) is 25.8 Å². The molecule has 0 radical (unpaired) electrons. The van der Waals surface area contributed by atoms with Crippen LogP contribution in [-0.4, -0.2) is 28.4 Å². The highest BCUT2D eigenvalue weighted by molar-refractivity contribution is 6.33. The van der Waals surface area contributed by atoms with E-state index in [-0.39, 0.29) is 5.91 Å². The lowest BCUT2D eigenvalue weighted by Crippen LogP contribution is -2.34. The zero-order valence-electron chi connectivity index (χ0n) is 10.9. The predicted molar refractivity (Wildman–Crippen MR) is 72.8 cm³/mol. The van der Waals surface area contributed by atoms with Crippen molar-refractivity contribution in [2.45, 2.75) is 39.2 Å². The Kier molecular flexibility index (Phi) is 4.23. The van der Waals surface area contributed by atoms with Gasteiger partial charge in [0.05, 0.1) is 10.6 Å². The van der Waals surface area contributed by atoms with Crippen LogP contribution in [0.5, 0.6) is 0 Å². The van der Waals surface area contributed by atoms with Crippen molar-refractivity contribution in [1.82, 2.24) is 9.88 Å². The number of nitrogens with zero attached hydrogens (tertiary/aromatic N) is 2. The van der Waals surface area contributed by atoms with E-state index in [1.807, 2.05) is 4.90 Å². The lowest BCUT2D eigenvalue weighted by atomic mass is 10.1. The van der Waals surface area contributed by atoms with Gasteiger partial charge in [-0.15, -0.1) is 0 Å². The smallest absolute Gasteiger partial charge is 0.257 e. The summed E-state index contributed by atoms with van der Waals surface area (Å²) in [6.45, 7) is 5.16. The van der Waals surface area contributed by atoms with Gasteiger partial charge in [-0.3, -0.25) is 9.78 Å². The lowest BCUT2D eigenvalue weighted by molar-refractivity contribution is 0.0735. The summed E-state index contributed by atoms with van der Waals surface area (Å²) in [4.78, 5) is 18.4. The van der Waals surface area contributed by atoms with Crippen LogP contribution in [-0.2, 0) is 0 Å². The molecule has 1 aliphatic carbocycles. The van der Waals surface area contributed by atoms with Crippen molar-refractivity contribution in [1.29, 1.82) is 0 Å². The van der Waals surface area contributed by atoms with E-state index in [9.17, 15) is 4.79 Å². The second kappa shape index (κ2) is 5.70. The first-order valence-electron chi connectivity index (χ1n) is 6.50. The molecule has 0 saturated heterocycles. The zero-order valence-corrected chi connectivity index (χ0v) is 11.7. The molecule has 18 heavy (non-hydrogen) atoms. The van der Waals surface area contributed by atoms with Gasteiger partial charge in [0.2, 0.25) is 0 Å². The van der Waals surface area contributed by atoms with Crippen LogP contribution in [0.3, 0.4) is 0 Å². The standard InChI is InChI=1S/C14H19ClN2O/c1-10(2)6-8-17(11-3-4-11)14(18)12-9-16-7-5-13(12)15/h5,7,9-11H,3-4,6,8H2,1-2H3. The Balaban J connectivity index is 2.11. The molecule has 0 spiro atoms. The summed E-state index contributed by atoms with van der Waals surface area (Å²) in [7, 11) is 0. The topological polar surface area (TPSA) is 33.2 Å². The van der Waals surface area contributed by atoms with Crippen LogP contribution < -0.4 is 0 Å². The maximum absolute atomic E-state index is 12.5. The van der Waals surface area contributed by atoms with Crippen LogP contribution in [0.15, 0.2) is 18.5 Å². The molecule has 0 unspecified atom stereocenters. The normalized spacial score (nSPS) is 14.9. The number of halogens is 1. The summed E-state index contributed by atoms with van der Waals surface area (Å²) in [6.07, 6.45) is 6.42. The molecule has 0 N–H and O–H groups in total. The van der Waals surface area contributed by atoms with Crippen LogP contribution in [0, 0.1) is 5.92 Å². The molecule has 1 amide bonds. The van der Waals surface area contributed by atoms with Gasteiger partial charge in [0.25, 0.3) is 5.91 Å². The number of carbonyl (C=O) groups is 1. The molecular formula is C14H19ClN2O. The number of hydrogen-bond donors (Lipinski definition) is 0. The fourth-order valence-corrected chi connectivity index (χ4v) is 2.11. The third-order valence-corrected chi connectivity index (χ3v) is 3.52. The minimum absolute atomic E-state index is 0.0243. The second-order valence-electron chi connectivity index (χ2n) is 5.27. The maximum atomic E-state index is 12.5. The summed E-state index contributed by atoms with van der Waals surface area (Å²) < 4.78 is 0. The highest BCUT2D eigenvalue weighted by atomic mass is 35.5. The molecular weight excluding hydrogens is 248 g/mol. The maximum Gasteiger partial charge on any atom is 0.257 e. The van der Waals surface area contributed by atoms with Gasteiger partial charge in [-0.05, 0) is 31.2 Å². The molecule has 1 aromatic heterocycles. The highest BCUT2D eigenvalue weighted by Gasteiger charge is 2.33. The highest BCUT2D eigenvalue weighted by Crippen LogP contribution is 2.30. The van der Waals surface area contributed by atoms with Crippen LogP contribution in [0.25, 0.3) is 0 Å². The van der Waals surface area contributed by atoms with Crippen LogP contribution in [0.2, 0.25) is 5.02 Å². The van der Waals surface area contributed by atoms with Crippen molar-refractivity contribution in [2.75, 3.05) is 6.54 Å². The summed E-state index contributed by atoms with van der Waals surface area (Å²) in [5, 5.41) is 0.491.